The van der Waals surface area contributed by atoms with Gasteiger partial charge >= 0.3 is 6.18 Å². The molecule has 1 saturated carbocycles. The number of benzene rings is 1. The van der Waals surface area contributed by atoms with E-state index in [0.29, 0.717) is 30.4 Å². The molecule has 1 aliphatic heterocycles. The highest BCUT2D eigenvalue weighted by atomic mass is 19.4. The maximum Gasteiger partial charge on any atom is 0.418 e. The van der Waals surface area contributed by atoms with Crippen molar-refractivity contribution in [1.29, 1.82) is 0 Å². The highest BCUT2D eigenvalue weighted by Gasteiger charge is 2.36. The third-order valence-electron chi connectivity index (χ3n) is 4.40. The molecule has 1 atom stereocenters. The Morgan fingerprint density at radius 2 is 2.00 bits per heavy atom. The summed E-state index contributed by atoms with van der Waals surface area (Å²) in [4.78, 5) is 1.89. The molecule has 0 radical (unpaired) electrons. The molecule has 21 heavy (non-hydrogen) atoms. The van der Waals surface area contributed by atoms with Gasteiger partial charge in [-0.3, -0.25) is 0 Å². The van der Waals surface area contributed by atoms with E-state index in [1.54, 1.807) is 6.07 Å². The molecule has 0 amide bonds. The van der Waals surface area contributed by atoms with Crippen molar-refractivity contribution in [2.75, 3.05) is 11.4 Å². The molecule has 0 aromatic heterocycles. The van der Waals surface area contributed by atoms with Crippen LogP contribution in [0.25, 0.3) is 0 Å². The van der Waals surface area contributed by atoms with Crippen LogP contribution in [-0.4, -0.2) is 18.6 Å². The van der Waals surface area contributed by atoms with Crippen molar-refractivity contribution >= 4 is 5.69 Å². The predicted octanol–water partition coefficient (Wildman–Crippen LogP) is 3.95. The number of nitrogens with one attached hydrogen (secondary N) is 1. The highest BCUT2D eigenvalue weighted by molar-refractivity contribution is 5.57. The summed E-state index contributed by atoms with van der Waals surface area (Å²) in [6.07, 6.45) is -0.107. The van der Waals surface area contributed by atoms with Crippen LogP contribution in [0.3, 0.4) is 0 Å². The molecule has 1 aromatic rings. The number of nitrogens with zero attached hydrogens (tertiary/aromatic N) is 1. The fourth-order valence-corrected chi connectivity index (χ4v) is 3.01. The van der Waals surface area contributed by atoms with E-state index in [4.69, 9.17) is 0 Å². The summed E-state index contributed by atoms with van der Waals surface area (Å²) in [5.41, 5.74) is 0.554. The normalized spacial score (nSPS) is 22.9. The summed E-state index contributed by atoms with van der Waals surface area (Å²) in [5, 5.41) is 3.27. The molecule has 0 spiro atoms. The van der Waals surface area contributed by atoms with Gasteiger partial charge in [-0.05, 0) is 50.3 Å². The van der Waals surface area contributed by atoms with Crippen LogP contribution < -0.4 is 10.2 Å². The number of anilines is 1. The maximum absolute atomic E-state index is 13.4. The zero-order chi connectivity index (χ0) is 15.0. The standard InChI is InChI=1S/C16H21F3N2/c1-11-3-2-8-21(11)15-7-4-12(10-20-13-5-6-13)9-14(15)16(17,18)19/h4,7,9,11,13,20H,2-3,5-6,8,10H2,1H3. The van der Waals surface area contributed by atoms with E-state index in [-0.39, 0.29) is 6.04 Å². The van der Waals surface area contributed by atoms with Crippen LogP contribution in [0.2, 0.25) is 0 Å². The molecule has 1 aromatic carbocycles. The van der Waals surface area contributed by atoms with Gasteiger partial charge in [-0.2, -0.15) is 13.2 Å². The predicted molar refractivity (Wildman–Crippen MR) is 77.3 cm³/mol. The van der Waals surface area contributed by atoms with Gasteiger partial charge in [-0.1, -0.05) is 6.07 Å². The fraction of sp³-hybridized carbons (Fsp3) is 0.625. The van der Waals surface area contributed by atoms with Gasteiger partial charge in [0.25, 0.3) is 0 Å². The lowest BCUT2D eigenvalue weighted by Gasteiger charge is -2.27. The average molecular weight is 298 g/mol. The first-order valence-electron chi connectivity index (χ1n) is 7.65. The molecule has 0 bridgehead atoms. The van der Waals surface area contributed by atoms with E-state index in [1.165, 1.54) is 6.07 Å². The van der Waals surface area contributed by atoms with E-state index in [0.717, 1.165) is 25.7 Å². The van der Waals surface area contributed by atoms with Crippen molar-refractivity contribution in [3.63, 3.8) is 0 Å². The SMILES string of the molecule is CC1CCCN1c1ccc(CNC2CC2)cc1C(F)(F)F. The lowest BCUT2D eigenvalue weighted by atomic mass is 10.1. The Morgan fingerprint density at radius 1 is 1.24 bits per heavy atom. The summed E-state index contributed by atoms with van der Waals surface area (Å²) in [6.45, 7) is 3.23. The van der Waals surface area contributed by atoms with Crippen molar-refractivity contribution < 1.29 is 13.2 Å². The minimum Gasteiger partial charge on any atom is -0.368 e. The third kappa shape index (κ3) is 3.34. The van der Waals surface area contributed by atoms with Crippen molar-refractivity contribution in [3.05, 3.63) is 29.3 Å². The van der Waals surface area contributed by atoms with Crippen molar-refractivity contribution in [3.8, 4) is 0 Å². The van der Waals surface area contributed by atoms with Crippen LogP contribution in [0.5, 0.6) is 0 Å². The number of hydrogen-bond donors (Lipinski definition) is 1. The van der Waals surface area contributed by atoms with Gasteiger partial charge in [0.15, 0.2) is 0 Å². The molecular weight excluding hydrogens is 277 g/mol. The van der Waals surface area contributed by atoms with Crippen LogP contribution in [0.1, 0.15) is 43.7 Å². The molecule has 1 aliphatic carbocycles. The minimum absolute atomic E-state index is 0.182. The summed E-state index contributed by atoms with van der Waals surface area (Å²) in [7, 11) is 0. The first kappa shape index (κ1) is 14.7. The maximum atomic E-state index is 13.4. The van der Waals surface area contributed by atoms with Gasteiger partial charge in [-0.15, -0.1) is 0 Å². The highest BCUT2D eigenvalue weighted by Crippen LogP contribution is 2.39. The molecule has 2 fully saturated rings. The smallest absolute Gasteiger partial charge is 0.368 e. The molecule has 2 nitrogen and oxygen atoms in total. The molecule has 1 heterocycles. The summed E-state index contributed by atoms with van der Waals surface area (Å²) in [6, 6.07) is 5.47. The second kappa shape index (κ2) is 5.52. The van der Waals surface area contributed by atoms with Crippen molar-refractivity contribution in [2.24, 2.45) is 0 Å². The van der Waals surface area contributed by atoms with Gasteiger partial charge in [0.2, 0.25) is 0 Å². The summed E-state index contributed by atoms with van der Waals surface area (Å²) in [5.74, 6) is 0. The average Bonchev–Trinajstić information content (AvgIpc) is 3.16. The van der Waals surface area contributed by atoms with Crippen LogP contribution in [0.15, 0.2) is 18.2 Å². The Kier molecular flexibility index (Phi) is 3.86. The number of alkyl halides is 3. The molecular formula is C16H21F3N2. The van der Waals surface area contributed by atoms with Crippen molar-refractivity contribution in [1.82, 2.24) is 5.32 Å². The molecule has 2 aliphatic rings. The Bertz CT molecular complexity index is 509. The van der Waals surface area contributed by atoms with E-state index in [2.05, 4.69) is 5.32 Å². The zero-order valence-electron chi connectivity index (χ0n) is 12.2. The van der Waals surface area contributed by atoms with Crippen LogP contribution in [0.4, 0.5) is 18.9 Å². The lowest BCUT2D eigenvalue weighted by molar-refractivity contribution is -0.137. The van der Waals surface area contributed by atoms with E-state index < -0.39 is 11.7 Å². The van der Waals surface area contributed by atoms with Crippen molar-refractivity contribution in [2.45, 2.75) is 57.4 Å². The first-order valence-corrected chi connectivity index (χ1v) is 7.65. The van der Waals surface area contributed by atoms with E-state index in [9.17, 15) is 13.2 Å². The zero-order valence-corrected chi connectivity index (χ0v) is 12.2. The Morgan fingerprint density at radius 3 is 2.57 bits per heavy atom. The number of halogens is 3. The summed E-state index contributed by atoms with van der Waals surface area (Å²) < 4.78 is 40.1. The molecule has 116 valence electrons. The van der Waals surface area contributed by atoms with Crippen LogP contribution >= 0.6 is 0 Å². The molecule has 3 rings (SSSR count). The lowest BCUT2D eigenvalue weighted by Crippen LogP contribution is -2.29. The van der Waals surface area contributed by atoms with E-state index in [1.807, 2.05) is 17.9 Å². The Balaban J connectivity index is 1.87. The quantitative estimate of drug-likeness (QED) is 0.905. The topological polar surface area (TPSA) is 15.3 Å². The third-order valence-corrected chi connectivity index (χ3v) is 4.40. The largest absolute Gasteiger partial charge is 0.418 e. The number of hydrogen-bond acceptors (Lipinski definition) is 2. The van der Waals surface area contributed by atoms with Gasteiger partial charge in [0.05, 0.1) is 5.56 Å². The first-order chi connectivity index (χ1) is 9.95. The van der Waals surface area contributed by atoms with Crippen LogP contribution in [0, 0.1) is 0 Å². The molecule has 1 saturated heterocycles. The summed E-state index contributed by atoms with van der Waals surface area (Å²) >= 11 is 0. The Labute approximate surface area is 123 Å². The van der Waals surface area contributed by atoms with Gasteiger partial charge in [0, 0.05) is 30.9 Å². The van der Waals surface area contributed by atoms with Gasteiger partial charge in [0.1, 0.15) is 0 Å². The minimum atomic E-state index is -4.30. The van der Waals surface area contributed by atoms with E-state index >= 15 is 0 Å². The Hall–Kier alpha value is -1.23. The number of rotatable bonds is 4. The fourth-order valence-electron chi connectivity index (χ4n) is 3.01. The second-order valence-electron chi connectivity index (χ2n) is 6.19. The van der Waals surface area contributed by atoms with Gasteiger partial charge in [-0.25, -0.2) is 0 Å². The second-order valence-corrected chi connectivity index (χ2v) is 6.19. The molecule has 1 unspecified atom stereocenters. The van der Waals surface area contributed by atoms with Gasteiger partial charge < -0.3 is 10.2 Å². The molecule has 1 N–H and O–H groups in total. The van der Waals surface area contributed by atoms with Crippen LogP contribution in [-0.2, 0) is 12.7 Å². The molecule has 5 heteroatoms. The monoisotopic (exact) mass is 298 g/mol.